The lowest BCUT2D eigenvalue weighted by Gasteiger charge is -2.26. The Kier molecular flexibility index (Phi) is 5.54. The van der Waals surface area contributed by atoms with Crippen LogP contribution in [0.25, 0.3) is 10.9 Å². The first kappa shape index (κ1) is 22.0. The molecule has 4 aromatic rings. The number of methoxy groups -OCH3 is 1. The van der Waals surface area contributed by atoms with Gasteiger partial charge in [0.05, 0.1) is 13.2 Å². The van der Waals surface area contributed by atoms with Crippen molar-refractivity contribution in [2.75, 3.05) is 19.0 Å². The highest BCUT2D eigenvalue weighted by atomic mass is 35.5. The standard InChI is InChI=1S/C27H24ClN3O3/c1-16-8-11-18(14-21(16)28)29-23(32)15-31-25(17-9-12-19(34-3)13-10-17)24-20-6-4-5-7-22(20)30(2)26(24)27(31)33/h4-14,25H,15H2,1-3H3,(H,29,32)/t25-/m1/s1. The summed E-state index contributed by atoms with van der Waals surface area (Å²) in [4.78, 5) is 28.3. The van der Waals surface area contributed by atoms with E-state index in [-0.39, 0.29) is 18.4 Å². The van der Waals surface area contributed by atoms with Crippen molar-refractivity contribution in [2.45, 2.75) is 13.0 Å². The summed E-state index contributed by atoms with van der Waals surface area (Å²) in [5, 5.41) is 4.45. The molecule has 0 fully saturated rings. The number of anilines is 1. The summed E-state index contributed by atoms with van der Waals surface area (Å²) in [6, 6.07) is 20.5. The molecular weight excluding hydrogens is 450 g/mol. The fourth-order valence-electron chi connectivity index (χ4n) is 4.69. The van der Waals surface area contributed by atoms with E-state index in [1.54, 1.807) is 24.1 Å². The van der Waals surface area contributed by atoms with Crippen molar-refractivity contribution < 1.29 is 14.3 Å². The maximum atomic E-state index is 13.7. The lowest BCUT2D eigenvalue weighted by atomic mass is 9.98. The summed E-state index contributed by atoms with van der Waals surface area (Å²) >= 11 is 6.21. The van der Waals surface area contributed by atoms with Crippen LogP contribution in [-0.2, 0) is 11.8 Å². The molecule has 34 heavy (non-hydrogen) atoms. The van der Waals surface area contributed by atoms with Gasteiger partial charge in [0, 0.05) is 34.2 Å². The quantitative estimate of drug-likeness (QED) is 0.426. The van der Waals surface area contributed by atoms with Gasteiger partial charge in [-0.1, -0.05) is 48.0 Å². The molecule has 2 heterocycles. The van der Waals surface area contributed by atoms with E-state index in [1.165, 1.54) is 0 Å². The van der Waals surface area contributed by atoms with Gasteiger partial charge in [0.15, 0.2) is 0 Å². The van der Waals surface area contributed by atoms with Crippen molar-refractivity contribution >= 4 is 40.0 Å². The lowest BCUT2D eigenvalue weighted by molar-refractivity contribution is -0.117. The Balaban J connectivity index is 1.54. The predicted octanol–water partition coefficient (Wildman–Crippen LogP) is 5.33. The third kappa shape index (κ3) is 3.60. The zero-order chi connectivity index (χ0) is 24.0. The summed E-state index contributed by atoms with van der Waals surface area (Å²) in [6.07, 6.45) is 0. The van der Waals surface area contributed by atoms with E-state index in [9.17, 15) is 9.59 Å². The van der Waals surface area contributed by atoms with Gasteiger partial charge in [-0.2, -0.15) is 0 Å². The van der Waals surface area contributed by atoms with Gasteiger partial charge in [0.25, 0.3) is 5.91 Å². The molecule has 1 aromatic heterocycles. The number of halogens is 1. The zero-order valence-corrected chi connectivity index (χ0v) is 19.9. The first-order valence-electron chi connectivity index (χ1n) is 11.0. The summed E-state index contributed by atoms with van der Waals surface area (Å²) in [5.41, 5.74) is 4.94. The fourth-order valence-corrected chi connectivity index (χ4v) is 4.87. The third-order valence-corrected chi connectivity index (χ3v) is 6.80. The van der Waals surface area contributed by atoms with Gasteiger partial charge in [-0.25, -0.2) is 0 Å². The number of aromatic nitrogens is 1. The SMILES string of the molecule is COc1ccc([C@@H]2c3c(n(C)c4ccccc34)C(=O)N2CC(=O)Nc2ccc(C)c(Cl)c2)cc1. The van der Waals surface area contributed by atoms with Gasteiger partial charge in [0.1, 0.15) is 18.0 Å². The second-order valence-electron chi connectivity index (χ2n) is 8.46. The van der Waals surface area contributed by atoms with Crippen molar-refractivity contribution in [2.24, 2.45) is 7.05 Å². The van der Waals surface area contributed by atoms with E-state index in [1.807, 2.05) is 73.1 Å². The molecule has 5 rings (SSSR count). The number of hydrogen-bond donors (Lipinski definition) is 1. The van der Waals surface area contributed by atoms with Crippen molar-refractivity contribution in [3.63, 3.8) is 0 Å². The van der Waals surface area contributed by atoms with E-state index in [0.717, 1.165) is 33.3 Å². The number of aryl methyl sites for hydroxylation is 2. The Morgan fingerprint density at radius 1 is 1.09 bits per heavy atom. The molecule has 0 aliphatic carbocycles. The number of amides is 2. The number of rotatable bonds is 5. The van der Waals surface area contributed by atoms with Crippen molar-refractivity contribution in [1.82, 2.24) is 9.47 Å². The molecule has 6 nitrogen and oxygen atoms in total. The number of hydrogen-bond acceptors (Lipinski definition) is 3. The predicted molar refractivity (Wildman–Crippen MR) is 134 cm³/mol. The molecule has 1 atom stereocenters. The van der Waals surface area contributed by atoms with Gasteiger partial charge in [0.2, 0.25) is 5.91 Å². The molecule has 1 aliphatic rings. The van der Waals surface area contributed by atoms with Gasteiger partial charge < -0.3 is 19.5 Å². The molecule has 2 amide bonds. The lowest BCUT2D eigenvalue weighted by Crippen LogP contribution is -2.37. The van der Waals surface area contributed by atoms with Crippen LogP contribution in [0.4, 0.5) is 5.69 Å². The number of nitrogens with zero attached hydrogens (tertiary/aromatic N) is 2. The first-order valence-corrected chi connectivity index (χ1v) is 11.3. The van der Waals surface area contributed by atoms with Crippen LogP contribution in [0.15, 0.2) is 66.7 Å². The van der Waals surface area contributed by atoms with Crippen LogP contribution in [-0.4, -0.2) is 34.9 Å². The number of carbonyl (C=O) groups is 2. The third-order valence-electron chi connectivity index (χ3n) is 6.40. The molecule has 0 bridgehead atoms. The molecule has 172 valence electrons. The molecule has 0 radical (unpaired) electrons. The second kappa shape index (κ2) is 8.54. The van der Waals surface area contributed by atoms with E-state index in [2.05, 4.69) is 5.32 Å². The van der Waals surface area contributed by atoms with Crippen LogP contribution in [0.2, 0.25) is 5.02 Å². The van der Waals surface area contributed by atoms with Crippen molar-refractivity contribution in [3.05, 3.63) is 94.1 Å². The topological polar surface area (TPSA) is 63.6 Å². The smallest absolute Gasteiger partial charge is 0.272 e. The van der Waals surface area contributed by atoms with Gasteiger partial charge >= 0.3 is 0 Å². The molecule has 0 unspecified atom stereocenters. The summed E-state index contributed by atoms with van der Waals surface area (Å²) in [7, 11) is 3.51. The number of fused-ring (bicyclic) bond motifs is 3. The summed E-state index contributed by atoms with van der Waals surface area (Å²) in [6.45, 7) is 1.81. The fraction of sp³-hybridized carbons (Fsp3) is 0.185. The largest absolute Gasteiger partial charge is 0.497 e. The van der Waals surface area contributed by atoms with E-state index in [0.29, 0.717) is 16.4 Å². The molecule has 1 aliphatic heterocycles. The molecule has 1 N–H and O–H groups in total. The van der Waals surface area contributed by atoms with Crippen LogP contribution in [0.3, 0.4) is 0 Å². The van der Waals surface area contributed by atoms with Crippen LogP contribution in [0, 0.1) is 6.92 Å². The number of para-hydroxylation sites is 1. The minimum absolute atomic E-state index is 0.0932. The number of ether oxygens (including phenoxy) is 1. The highest BCUT2D eigenvalue weighted by Gasteiger charge is 2.42. The zero-order valence-electron chi connectivity index (χ0n) is 19.1. The average molecular weight is 474 g/mol. The minimum atomic E-state index is -0.396. The summed E-state index contributed by atoms with van der Waals surface area (Å²) in [5.74, 6) is 0.266. The summed E-state index contributed by atoms with van der Waals surface area (Å²) < 4.78 is 7.23. The Morgan fingerprint density at radius 3 is 2.53 bits per heavy atom. The van der Waals surface area contributed by atoms with Crippen molar-refractivity contribution in [3.8, 4) is 5.75 Å². The Hall–Kier alpha value is -3.77. The molecule has 3 aromatic carbocycles. The van der Waals surface area contributed by atoms with Gasteiger partial charge in [-0.15, -0.1) is 0 Å². The molecule has 0 saturated carbocycles. The van der Waals surface area contributed by atoms with Gasteiger partial charge in [-0.3, -0.25) is 9.59 Å². The number of carbonyl (C=O) groups excluding carboxylic acids is 2. The van der Waals surface area contributed by atoms with Crippen LogP contribution in [0.5, 0.6) is 5.75 Å². The second-order valence-corrected chi connectivity index (χ2v) is 8.87. The van der Waals surface area contributed by atoms with E-state index < -0.39 is 6.04 Å². The number of benzene rings is 3. The maximum Gasteiger partial charge on any atom is 0.272 e. The Labute approximate surface area is 202 Å². The number of nitrogens with one attached hydrogen (secondary N) is 1. The van der Waals surface area contributed by atoms with E-state index in [4.69, 9.17) is 16.3 Å². The molecule has 0 spiro atoms. The highest BCUT2D eigenvalue weighted by Crippen LogP contribution is 2.44. The highest BCUT2D eigenvalue weighted by molar-refractivity contribution is 6.31. The molecule has 7 heteroatoms. The van der Waals surface area contributed by atoms with Crippen LogP contribution >= 0.6 is 11.6 Å². The van der Waals surface area contributed by atoms with Crippen LogP contribution < -0.4 is 10.1 Å². The van der Waals surface area contributed by atoms with E-state index >= 15 is 0 Å². The minimum Gasteiger partial charge on any atom is -0.497 e. The monoisotopic (exact) mass is 473 g/mol. The van der Waals surface area contributed by atoms with Crippen LogP contribution in [0.1, 0.15) is 33.2 Å². The normalized spacial score (nSPS) is 15.0. The Morgan fingerprint density at radius 2 is 1.82 bits per heavy atom. The molecule has 0 saturated heterocycles. The Bertz CT molecular complexity index is 1430. The first-order chi connectivity index (χ1) is 16.4. The van der Waals surface area contributed by atoms with Crippen molar-refractivity contribution in [1.29, 1.82) is 0 Å². The average Bonchev–Trinajstić information content (AvgIpc) is 3.29. The molecular formula is C27H24ClN3O3. The van der Waals surface area contributed by atoms with Gasteiger partial charge in [-0.05, 0) is 48.4 Å². The maximum absolute atomic E-state index is 13.7.